The van der Waals surface area contributed by atoms with Crippen LogP contribution < -0.4 is 9.64 Å². The van der Waals surface area contributed by atoms with Gasteiger partial charge < -0.3 is 14.4 Å². The fourth-order valence-corrected chi connectivity index (χ4v) is 1.91. The molecule has 1 amide bonds. The van der Waals surface area contributed by atoms with Gasteiger partial charge in [0.25, 0.3) is 11.7 Å². The van der Waals surface area contributed by atoms with E-state index in [2.05, 4.69) is 0 Å². The number of rotatable bonds is 4. The lowest BCUT2D eigenvalue weighted by Gasteiger charge is -2.20. The Labute approximate surface area is 105 Å². The lowest BCUT2D eigenvalue weighted by molar-refractivity contribution is -0.114. The largest absolute Gasteiger partial charge is 0.497 e. The number of hydrogen-bond acceptors (Lipinski definition) is 4. The van der Waals surface area contributed by atoms with E-state index in [0.717, 1.165) is 0 Å². The molecule has 5 nitrogen and oxygen atoms in total. The zero-order chi connectivity index (χ0) is 13.3. The Morgan fingerprint density at radius 2 is 2.00 bits per heavy atom. The first-order chi connectivity index (χ1) is 8.58. The number of anilines is 1. The molecular formula is C13H15NO4. The van der Waals surface area contributed by atoms with Crippen molar-refractivity contribution in [3.63, 3.8) is 0 Å². The molecule has 1 atom stereocenters. The Balaban J connectivity index is 2.39. The molecule has 0 fully saturated rings. The van der Waals surface area contributed by atoms with Crippen LogP contribution in [0.2, 0.25) is 0 Å². The van der Waals surface area contributed by atoms with E-state index in [1.807, 2.05) is 6.92 Å². The number of ketones is 1. The molecule has 1 aromatic carbocycles. The SMILES string of the molecule is COc1ccc2c(c1)N(CC(C)OC)C(=O)C2=O. The van der Waals surface area contributed by atoms with Crippen LogP contribution in [0.5, 0.6) is 5.75 Å². The Kier molecular flexibility index (Phi) is 3.34. The van der Waals surface area contributed by atoms with Crippen molar-refractivity contribution in [2.45, 2.75) is 13.0 Å². The van der Waals surface area contributed by atoms with E-state index < -0.39 is 11.7 Å². The van der Waals surface area contributed by atoms with E-state index in [9.17, 15) is 9.59 Å². The quantitative estimate of drug-likeness (QED) is 0.754. The Bertz CT molecular complexity index is 498. The second-order valence-electron chi connectivity index (χ2n) is 4.17. The topological polar surface area (TPSA) is 55.8 Å². The van der Waals surface area contributed by atoms with Crippen LogP contribution in [-0.4, -0.2) is 38.6 Å². The Hall–Kier alpha value is -1.88. The standard InChI is InChI=1S/C13H15NO4/c1-8(17-2)7-14-11-6-9(18-3)4-5-10(11)12(15)13(14)16/h4-6,8H,7H2,1-3H3. The van der Waals surface area contributed by atoms with Crippen LogP contribution >= 0.6 is 0 Å². The summed E-state index contributed by atoms with van der Waals surface area (Å²) in [6.07, 6.45) is -0.140. The van der Waals surface area contributed by atoms with Crippen molar-refractivity contribution < 1.29 is 19.1 Å². The highest BCUT2D eigenvalue weighted by Crippen LogP contribution is 2.32. The predicted octanol–water partition coefficient (Wildman–Crippen LogP) is 1.26. The number of Topliss-reactive ketones (excluding diaryl/α,β-unsaturated/α-hetero) is 1. The van der Waals surface area contributed by atoms with Crippen molar-refractivity contribution in [3.8, 4) is 5.75 Å². The van der Waals surface area contributed by atoms with Crippen LogP contribution in [0, 0.1) is 0 Å². The molecule has 0 saturated heterocycles. The summed E-state index contributed by atoms with van der Waals surface area (Å²) in [5.74, 6) is -0.371. The number of fused-ring (bicyclic) bond motifs is 1. The monoisotopic (exact) mass is 249 g/mol. The van der Waals surface area contributed by atoms with Gasteiger partial charge in [0.1, 0.15) is 5.75 Å². The second-order valence-corrected chi connectivity index (χ2v) is 4.17. The van der Waals surface area contributed by atoms with Crippen molar-refractivity contribution in [2.75, 3.05) is 25.7 Å². The van der Waals surface area contributed by atoms with Crippen molar-refractivity contribution in [1.82, 2.24) is 0 Å². The molecule has 96 valence electrons. The van der Waals surface area contributed by atoms with Crippen LogP contribution in [0.25, 0.3) is 0 Å². The van der Waals surface area contributed by atoms with Crippen LogP contribution in [0.1, 0.15) is 17.3 Å². The Morgan fingerprint density at radius 3 is 2.61 bits per heavy atom. The van der Waals surface area contributed by atoms with Gasteiger partial charge in [0.2, 0.25) is 0 Å². The third-order valence-electron chi connectivity index (χ3n) is 3.02. The zero-order valence-electron chi connectivity index (χ0n) is 10.6. The molecular weight excluding hydrogens is 234 g/mol. The number of carbonyl (C=O) groups excluding carboxylic acids is 2. The van der Waals surface area contributed by atoms with E-state index in [0.29, 0.717) is 23.5 Å². The molecule has 0 spiro atoms. The van der Waals surface area contributed by atoms with Crippen LogP contribution in [0.15, 0.2) is 18.2 Å². The van der Waals surface area contributed by atoms with Crippen LogP contribution in [0.4, 0.5) is 5.69 Å². The van der Waals surface area contributed by atoms with Gasteiger partial charge in [-0.2, -0.15) is 0 Å². The molecule has 18 heavy (non-hydrogen) atoms. The van der Waals surface area contributed by atoms with Gasteiger partial charge >= 0.3 is 0 Å². The molecule has 5 heteroatoms. The first kappa shape index (κ1) is 12.6. The average Bonchev–Trinajstić information content (AvgIpc) is 2.63. The van der Waals surface area contributed by atoms with Crippen molar-refractivity contribution in [1.29, 1.82) is 0 Å². The molecule has 1 aromatic rings. The summed E-state index contributed by atoms with van der Waals surface area (Å²) in [5, 5.41) is 0. The minimum absolute atomic E-state index is 0.140. The number of methoxy groups -OCH3 is 2. The molecule has 1 unspecified atom stereocenters. The highest BCUT2D eigenvalue weighted by atomic mass is 16.5. The van der Waals surface area contributed by atoms with Gasteiger partial charge in [0, 0.05) is 13.2 Å². The van der Waals surface area contributed by atoms with Gasteiger partial charge in [0.15, 0.2) is 0 Å². The number of nitrogens with zero attached hydrogens (tertiary/aromatic N) is 1. The first-order valence-electron chi connectivity index (χ1n) is 5.65. The van der Waals surface area contributed by atoms with Gasteiger partial charge in [-0.3, -0.25) is 9.59 Å². The van der Waals surface area contributed by atoms with Gasteiger partial charge in [-0.1, -0.05) is 0 Å². The van der Waals surface area contributed by atoms with E-state index in [4.69, 9.17) is 9.47 Å². The smallest absolute Gasteiger partial charge is 0.299 e. The zero-order valence-corrected chi connectivity index (χ0v) is 10.6. The summed E-state index contributed by atoms with van der Waals surface area (Å²) in [4.78, 5) is 25.1. The van der Waals surface area contributed by atoms with Gasteiger partial charge in [-0.25, -0.2) is 0 Å². The number of benzene rings is 1. The number of carbonyl (C=O) groups is 2. The fourth-order valence-electron chi connectivity index (χ4n) is 1.91. The van der Waals surface area contributed by atoms with E-state index in [-0.39, 0.29) is 6.10 Å². The highest BCUT2D eigenvalue weighted by molar-refractivity contribution is 6.52. The van der Waals surface area contributed by atoms with Crippen molar-refractivity contribution in [2.24, 2.45) is 0 Å². The number of ether oxygens (including phenoxy) is 2. The summed E-state index contributed by atoms with van der Waals surface area (Å²) in [5.41, 5.74) is 1.01. The minimum Gasteiger partial charge on any atom is -0.497 e. The minimum atomic E-state index is -0.512. The average molecular weight is 249 g/mol. The maximum absolute atomic E-state index is 11.9. The summed E-state index contributed by atoms with van der Waals surface area (Å²) in [7, 11) is 3.11. The maximum Gasteiger partial charge on any atom is 0.299 e. The van der Waals surface area contributed by atoms with E-state index in [1.54, 1.807) is 32.4 Å². The summed E-state index contributed by atoms with van der Waals surface area (Å²) in [6.45, 7) is 2.19. The van der Waals surface area contributed by atoms with Crippen molar-refractivity contribution >= 4 is 17.4 Å². The maximum atomic E-state index is 11.9. The molecule has 0 bridgehead atoms. The molecule has 0 saturated carbocycles. The van der Waals surface area contributed by atoms with E-state index >= 15 is 0 Å². The molecule has 0 aromatic heterocycles. The molecule has 0 radical (unpaired) electrons. The normalized spacial score (nSPS) is 15.8. The molecule has 2 rings (SSSR count). The molecule has 1 heterocycles. The second kappa shape index (κ2) is 4.78. The van der Waals surface area contributed by atoms with Gasteiger partial charge in [-0.05, 0) is 19.1 Å². The molecule has 1 aliphatic heterocycles. The third kappa shape index (κ3) is 1.97. The number of hydrogen-bond donors (Lipinski definition) is 0. The van der Waals surface area contributed by atoms with Gasteiger partial charge in [0.05, 0.1) is 31.0 Å². The number of amides is 1. The van der Waals surface area contributed by atoms with Gasteiger partial charge in [-0.15, -0.1) is 0 Å². The van der Waals surface area contributed by atoms with E-state index in [1.165, 1.54) is 4.90 Å². The predicted molar refractivity (Wildman–Crippen MR) is 66.1 cm³/mol. The lowest BCUT2D eigenvalue weighted by Crippen LogP contribution is -2.36. The first-order valence-corrected chi connectivity index (χ1v) is 5.65. The molecule has 1 aliphatic rings. The highest BCUT2D eigenvalue weighted by Gasteiger charge is 2.36. The fraction of sp³-hybridized carbons (Fsp3) is 0.385. The molecule has 0 N–H and O–H groups in total. The summed E-state index contributed by atoms with van der Waals surface area (Å²) in [6, 6.07) is 4.99. The lowest BCUT2D eigenvalue weighted by atomic mass is 10.1. The summed E-state index contributed by atoms with van der Waals surface area (Å²) < 4.78 is 10.2. The third-order valence-corrected chi connectivity index (χ3v) is 3.02. The summed E-state index contributed by atoms with van der Waals surface area (Å²) >= 11 is 0. The Morgan fingerprint density at radius 1 is 1.28 bits per heavy atom. The van der Waals surface area contributed by atoms with Crippen LogP contribution in [0.3, 0.4) is 0 Å². The van der Waals surface area contributed by atoms with Crippen LogP contribution in [-0.2, 0) is 9.53 Å². The van der Waals surface area contributed by atoms with Crippen molar-refractivity contribution in [3.05, 3.63) is 23.8 Å². The molecule has 0 aliphatic carbocycles.